The summed E-state index contributed by atoms with van der Waals surface area (Å²) < 4.78 is 7.16. The second-order valence-corrected chi connectivity index (χ2v) is 6.70. The SMILES string of the molecule is Cn1ccc(C(=O)N2CCN(C(=O)c3ccc4c(c3)NC(=O)CO4)CC2)c1. The van der Waals surface area contributed by atoms with Gasteiger partial charge in [0, 0.05) is 51.2 Å². The summed E-state index contributed by atoms with van der Waals surface area (Å²) in [5.41, 5.74) is 1.65. The monoisotopic (exact) mass is 368 g/mol. The van der Waals surface area contributed by atoms with E-state index in [4.69, 9.17) is 4.74 Å². The Kier molecular flexibility index (Phi) is 4.31. The minimum absolute atomic E-state index is 0.0162. The average Bonchev–Trinajstić information content (AvgIpc) is 3.12. The van der Waals surface area contributed by atoms with E-state index in [-0.39, 0.29) is 24.3 Å². The van der Waals surface area contributed by atoms with Gasteiger partial charge in [0.1, 0.15) is 5.75 Å². The first-order valence-electron chi connectivity index (χ1n) is 8.78. The fourth-order valence-electron chi connectivity index (χ4n) is 3.32. The Labute approximate surface area is 156 Å². The summed E-state index contributed by atoms with van der Waals surface area (Å²) in [6, 6.07) is 6.82. The maximum absolute atomic E-state index is 12.8. The predicted octanol–water partition coefficient (Wildman–Crippen LogP) is 0.954. The van der Waals surface area contributed by atoms with Gasteiger partial charge in [0.05, 0.1) is 11.3 Å². The molecule has 0 radical (unpaired) electrons. The number of nitrogens with one attached hydrogen (secondary N) is 1. The summed E-state index contributed by atoms with van der Waals surface area (Å²) in [4.78, 5) is 40.2. The minimum atomic E-state index is -0.236. The van der Waals surface area contributed by atoms with Crippen LogP contribution in [0.1, 0.15) is 20.7 Å². The molecule has 2 aliphatic rings. The third-order valence-corrected chi connectivity index (χ3v) is 4.79. The number of amides is 3. The normalized spacial score (nSPS) is 16.4. The number of hydrogen-bond donors (Lipinski definition) is 1. The standard InChI is InChI=1S/C19H20N4O4/c1-21-5-4-14(11-21)19(26)23-8-6-22(7-9-23)18(25)13-2-3-16-15(10-13)20-17(24)12-27-16/h2-5,10-11H,6-9,12H2,1H3,(H,20,24). The van der Waals surface area contributed by atoms with Crippen LogP contribution in [0.4, 0.5) is 5.69 Å². The molecule has 8 nitrogen and oxygen atoms in total. The predicted molar refractivity (Wildman–Crippen MR) is 97.8 cm³/mol. The lowest BCUT2D eigenvalue weighted by atomic mass is 10.1. The van der Waals surface area contributed by atoms with Crippen LogP contribution in [-0.2, 0) is 11.8 Å². The number of aryl methyl sites for hydroxylation is 1. The van der Waals surface area contributed by atoms with Crippen molar-refractivity contribution in [2.45, 2.75) is 0 Å². The Hall–Kier alpha value is -3.29. The van der Waals surface area contributed by atoms with Crippen LogP contribution in [-0.4, -0.2) is 64.9 Å². The van der Waals surface area contributed by atoms with Gasteiger partial charge in [-0.2, -0.15) is 0 Å². The molecular formula is C19H20N4O4. The van der Waals surface area contributed by atoms with Gasteiger partial charge in [-0.25, -0.2) is 0 Å². The smallest absolute Gasteiger partial charge is 0.262 e. The third-order valence-electron chi connectivity index (χ3n) is 4.79. The van der Waals surface area contributed by atoms with E-state index in [1.54, 1.807) is 40.3 Å². The number of anilines is 1. The molecule has 4 rings (SSSR count). The van der Waals surface area contributed by atoms with E-state index in [2.05, 4.69) is 5.32 Å². The van der Waals surface area contributed by atoms with E-state index in [1.165, 1.54) is 0 Å². The second-order valence-electron chi connectivity index (χ2n) is 6.70. The molecule has 0 aliphatic carbocycles. The van der Waals surface area contributed by atoms with Gasteiger partial charge in [-0.3, -0.25) is 14.4 Å². The summed E-state index contributed by atoms with van der Waals surface area (Å²) in [7, 11) is 1.87. The Bertz CT molecular complexity index is 912. The van der Waals surface area contributed by atoms with Crippen molar-refractivity contribution in [3.05, 3.63) is 47.8 Å². The highest BCUT2D eigenvalue weighted by Gasteiger charge is 2.27. The van der Waals surface area contributed by atoms with Crippen molar-refractivity contribution in [1.82, 2.24) is 14.4 Å². The molecule has 1 N–H and O–H groups in total. The molecule has 0 unspecified atom stereocenters. The van der Waals surface area contributed by atoms with Gasteiger partial charge in [0.15, 0.2) is 6.61 Å². The largest absolute Gasteiger partial charge is 0.482 e. The zero-order valence-electron chi connectivity index (χ0n) is 15.0. The maximum atomic E-state index is 12.8. The van der Waals surface area contributed by atoms with Crippen molar-refractivity contribution >= 4 is 23.4 Å². The van der Waals surface area contributed by atoms with Crippen molar-refractivity contribution in [2.75, 3.05) is 38.1 Å². The van der Waals surface area contributed by atoms with Crippen molar-refractivity contribution in [3.8, 4) is 5.75 Å². The number of benzene rings is 1. The Morgan fingerprint density at radius 1 is 1.00 bits per heavy atom. The molecule has 2 aliphatic heterocycles. The molecule has 1 aromatic carbocycles. The van der Waals surface area contributed by atoms with Crippen LogP contribution < -0.4 is 10.1 Å². The number of aromatic nitrogens is 1. The van der Waals surface area contributed by atoms with Crippen LogP contribution in [0.5, 0.6) is 5.75 Å². The van der Waals surface area contributed by atoms with Gasteiger partial charge in [-0.1, -0.05) is 0 Å². The quantitative estimate of drug-likeness (QED) is 0.856. The average molecular weight is 368 g/mol. The Balaban J connectivity index is 1.41. The Morgan fingerprint density at radius 3 is 2.30 bits per heavy atom. The highest BCUT2D eigenvalue weighted by molar-refractivity contribution is 6.00. The zero-order valence-corrected chi connectivity index (χ0v) is 15.0. The van der Waals surface area contributed by atoms with E-state index in [1.807, 2.05) is 17.8 Å². The van der Waals surface area contributed by atoms with Crippen LogP contribution in [0.3, 0.4) is 0 Å². The van der Waals surface area contributed by atoms with Crippen molar-refractivity contribution < 1.29 is 19.1 Å². The maximum Gasteiger partial charge on any atom is 0.262 e. The fraction of sp³-hybridized carbons (Fsp3) is 0.316. The van der Waals surface area contributed by atoms with E-state index in [0.717, 1.165) is 0 Å². The number of carbonyl (C=O) groups is 3. The number of ether oxygens (including phenoxy) is 1. The summed E-state index contributed by atoms with van der Waals surface area (Å²) in [6.07, 6.45) is 3.63. The molecule has 140 valence electrons. The van der Waals surface area contributed by atoms with Gasteiger partial charge in [0.2, 0.25) is 0 Å². The molecular weight excluding hydrogens is 348 g/mol. The van der Waals surface area contributed by atoms with Crippen LogP contribution >= 0.6 is 0 Å². The molecule has 2 aromatic rings. The lowest BCUT2D eigenvalue weighted by Gasteiger charge is -2.34. The number of rotatable bonds is 2. The number of piperazine rings is 1. The van der Waals surface area contributed by atoms with Crippen molar-refractivity contribution in [2.24, 2.45) is 7.05 Å². The van der Waals surface area contributed by atoms with E-state index in [9.17, 15) is 14.4 Å². The van der Waals surface area contributed by atoms with E-state index < -0.39 is 0 Å². The number of carbonyl (C=O) groups excluding carboxylic acids is 3. The summed E-state index contributed by atoms with van der Waals surface area (Å²) in [5, 5.41) is 2.71. The van der Waals surface area contributed by atoms with Crippen molar-refractivity contribution in [1.29, 1.82) is 0 Å². The second kappa shape index (κ2) is 6.79. The molecule has 3 heterocycles. The highest BCUT2D eigenvalue weighted by Crippen LogP contribution is 2.29. The Morgan fingerprint density at radius 2 is 1.67 bits per heavy atom. The molecule has 8 heteroatoms. The van der Waals surface area contributed by atoms with Crippen LogP contribution in [0, 0.1) is 0 Å². The lowest BCUT2D eigenvalue weighted by Crippen LogP contribution is -2.50. The highest BCUT2D eigenvalue weighted by atomic mass is 16.5. The topological polar surface area (TPSA) is 83.9 Å². The molecule has 1 saturated heterocycles. The number of hydrogen-bond acceptors (Lipinski definition) is 4. The molecule has 0 bridgehead atoms. The van der Waals surface area contributed by atoms with Gasteiger partial charge >= 0.3 is 0 Å². The zero-order chi connectivity index (χ0) is 19.0. The third kappa shape index (κ3) is 3.38. The van der Waals surface area contributed by atoms with Gasteiger partial charge in [-0.05, 0) is 24.3 Å². The first-order chi connectivity index (χ1) is 13.0. The summed E-state index contributed by atoms with van der Waals surface area (Å²) >= 11 is 0. The van der Waals surface area contributed by atoms with Crippen LogP contribution in [0.15, 0.2) is 36.7 Å². The van der Waals surface area contributed by atoms with E-state index in [0.29, 0.717) is 48.7 Å². The molecule has 1 fully saturated rings. The molecule has 27 heavy (non-hydrogen) atoms. The van der Waals surface area contributed by atoms with E-state index >= 15 is 0 Å². The first kappa shape index (κ1) is 17.1. The molecule has 0 saturated carbocycles. The summed E-state index contributed by atoms with van der Waals surface area (Å²) in [6.45, 7) is 1.90. The van der Waals surface area contributed by atoms with Gasteiger partial charge in [-0.15, -0.1) is 0 Å². The van der Waals surface area contributed by atoms with Crippen LogP contribution in [0.2, 0.25) is 0 Å². The van der Waals surface area contributed by atoms with Crippen LogP contribution in [0.25, 0.3) is 0 Å². The number of nitrogens with zero attached hydrogens (tertiary/aromatic N) is 3. The first-order valence-corrected chi connectivity index (χ1v) is 8.78. The van der Waals surface area contributed by atoms with Gasteiger partial charge in [0.25, 0.3) is 17.7 Å². The lowest BCUT2D eigenvalue weighted by molar-refractivity contribution is -0.118. The molecule has 0 spiro atoms. The minimum Gasteiger partial charge on any atom is -0.482 e. The molecule has 0 atom stereocenters. The fourth-order valence-corrected chi connectivity index (χ4v) is 3.32. The molecule has 3 amide bonds. The van der Waals surface area contributed by atoms with Gasteiger partial charge < -0.3 is 24.4 Å². The summed E-state index contributed by atoms with van der Waals surface area (Å²) in [5.74, 6) is 0.185. The molecule has 1 aromatic heterocycles. The van der Waals surface area contributed by atoms with Crippen molar-refractivity contribution in [3.63, 3.8) is 0 Å². The number of fused-ring (bicyclic) bond motifs is 1.